The van der Waals surface area contributed by atoms with Crippen molar-refractivity contribution >= 4 is 17.6 Å². The molecule has 0 unspecified atom stereocenters. The number of aliphatic hydroxyl groups excluding tert-OH is 2. The summed E-state index contributed by atoms with van der Waals surface area (Å²) in [4.78, 5) is 31.3. The molecule has 0 bridgehead atoms. The van der Waals surface area contributed by atoms with Crippen molar-refractivity contribution in [3.8, 4) is 0 Å². The summed E-state index contributed by atoms with van der Waals surface area (Å²) in [5.74, 6) is 1.09. The highest BCUT2D eigenvalue weighted by Gasteiger charge is 2.58. The third-order valence-corrected chi connectivity index (χ3v) is 10.4. The van der Waals surface area contributed by atoms with Gasteiger partial charge in [-0.25, -0.2) is 4.79 Å². The maximum atomic E-state index is 12.6. The number of fused-ring (bicyclic) bond motifs is 5. The number of hydrogen-bond acceptors (Lipinski definition) is 7. The van der Waals surface area contributed by atoms with Crippen LogP contribution in [0, 0.1) is 28.6 Å². The van der Waals surface area contributed by atoms with Crippen molar-refractivity contribution in [2.24, 2.45) is 33.7 Å². The minimum atomic E-state index is -0.773. The molecule has 8 heteroatoms. The predicted octanol–water partition coefficient (Wildman–Crippen LogP) is 2.82. The Balaban J connectivity index is 1.23. The number of carbonyl (C=O) groups is 2. The summed E-state index contributed by atoms with van der Waals surface area (Å²) in [6, 6.07) is -0.773. The third kappa shape index (κ3) is 4.10. The minimum absolute atomic E-state index is 0.0959. The van der Waals surface area contributed by atoms with Gasteiger partial charge in [-0.3, -0.25) is 4.79 Å². The zero-order chi connectivity index (χ0) is 25.0. The molecule has 1 amide bonds. The average Bonchev–Trinajstić information content (AvgIpc) is 3.38. The fraction of sp³-hybridized carbons (Fsp3) is 0.815. The maximum absolute atomic E-state index is 12.6. The van der Waals surface area contributed by atoms with Gasteiger partial charge in [0.15, 0.2) is 6.61 Å². The van der Waals surface area contributed by atoms with E-state index in [2.05, 4.69) is 25.1 Å². The van der Waals surface area contributed by atoms with E-state index in [1.807, 2.05) is 0 Å². The quantitative estimate of drug-likeness (QED) is 0.465. The molecule has 0 aromatic carbocycles. The molecular weight excluding hydrogens is 448 g/mol. The Morgan fingerprint density at radius 3 is 2.69 bits per heavy atom. The number of β-amino-alcohol motifs (C(OH)–C–C–N with tert-alkyl or cyclic N) is 1. The lowest BCUT2D eigenvalue weighted by Crippen LogP contribution is -2.51. The van der Waals surface area contributed by atoms with E-state index in [1.54, 1.807) is 0 Å². The van der Waals surface area contributed by atoms with Crippen LogP contribution in [0.15, 0.2) is 16.8 Å². The first kappa shape index (κ1) is 24.8. The van der Waals surface area contributed by atoms with Gasteiger partial charge in [0.25, 0.3) is 5.91 Å². The molecule has 0 aromatic rings. The second kappa shape index (κ2) is 9.18. The molecule has 4 fully saturated rings. The molecule has 5 aliphatic rings. The van der Waals surface area contributed by atoms with Crippen LogP contribution in [-0.4, -0.2) is 71.2 Å². The molecule has 35 heavy (non-hydrogen) atoms. The van der Waals surface area contributed by atoms with E-state index in [0.29, 0.717) is 17.8 Å². The van der Waals surface area contributed by atoms with Crippen LogP contribution in [0.5, 0.6) is 0 Å². The molecule has 5 rings (SSSR count). The second-order valence-electron chi connectivity index (χ2n) is 12.0. The lowest BCUT2D eigenvalue weighted by atomic mass is 9.47. The summed E-state index contributed by atoms with van der Waals surface area (Å²) < 4.78 is 4.76. The Bertz CT molecular complexity index is 933. The fourth-order valence-electron chi connectivity index (χ4n) is 8.32. The zero-order valence-corrected chi connectivity index (χ0v) is 21.2. The molecule has 0 radical (unpaired) electrons. The van der Waals surface area contributed by atoms with Gasteiger partial charge in [-0.1, -0.05) is 24.6 Å². The van der Waals surface area contributed by atoms with Crippen LogP contribution in [0.4, 0.5) is 0 Å². The summed E-state index contributed by atoms with van der Waals surface area (Å²) >= 11 is 0. The minimum Gasteiger partial charge on any atom is -0.467 e. The number of rotatable bonds is 4. The first-order valence-electron chi connectivity index (χ1n) is 13.3. The monoisotopic (exact) mass is 488 g/mol. The first-order valence-corrected chi connectivity index (χ1v) is 13.3. The number of aliphatic hydroxyl groups is 2. The number of methoxy groups -OCH3 is 1. The van der Waals surface area contributed by atoms with Crippen LogP contribution < -0.4 is 0 Å². The number of hydrogen-bond donors (Lipinski definition) is 2. The van der Waals surface area contributed by atoms with E-state index < -0.39 is 18.1 Å². The van der Waals surface area contributed by atoms with E-state index in [1.165, 1.54) is 30.4 Å². The van der Waals surface area contributed by atoms with E-state index in [0.717, 1.165) is 44.2 Å². The van der Waals surface area contributed by atoms with Gasteiger partial charge in [0, 0.05) is 13.0 Å². The third-order valence-electron chi connectivity index (χ3n) is 10.4. The summed E-state index contributed by atoms with van der Waals surface area (Å²) in [6.07, 6.45) is 9.99. The van der Waals surface area contributed by atoms with Crippen molar-refractivity contribution in [3.63, 3.8) is 0 Å². The lowest BCUT2D eigenvalue weighted by molar-refractivity contribution is -0.152. The Morgan fingerprint density at radius 1 is 1.11 bits per heavy atom. The van der Waals surface area contributed by atoms with Crippen molar-refractivity contribution < 1.29 is 29.4 Å². The summed E-state index contributed by atoms with van der Waals surface area (Å²) in [6.45, 7) is 4.58. The van der Waals surface area contributed by atoms with Gasteiger partial charge in [-0.15, -0.1) is 0 Å². The number of carbonyl (C=O) groups excluding carboxylic acids is 2. The molecule has 8 nitrogen and oxygen atoms in total. The van der Waals surface area contributed by atoms with Crippen LogP contribution in [0.3, 0.4) is 0 Å². The smallest absolute Gasteiger partial charge is 0.328 e. The van der Waals surface area contributed by atoms with Crippen LogP contribution in [-0.2, 0) is 19.2 Å². The summed E-state index contributed by atoms with van der Waals surface area (Å²) in [7, 11) is 1.28. The van der Waals surface area contributed by atoms with Crippen molar-refractivity contribution in [3.05, 3.63) is 11.6 Å². The number of amides is 1. The topological polar surface area (TPSA) is 109 Å². The summed E-state index contributed by atoms with van der Waals surface area (Å²) in [5.41, 5.74) is 2.59. The number of oxime groups is 1. The normalized spacial score (nSPS) is 43.7. The van der Waals surface area contributed by atoms with Crippen molar-refractivity contribution in [1.29, 1.82) is 0 Å². The molecule has 1 aliphatic heterocycles. The van der Waals surface area contributed by atoms with Gasteiger partial charge in [0.1, 0.15) is 6.04 Å². The number of allylic oxidation sites excluding steroid dienone is 2. The van der Waals surface area contributed by atoms with Gasteiger partial charge in [-0.2, -0.15) is 0 Å². The van der Waals surface area contributed by atoms with Gasteiger partial charge >= 0.3 is 5.97 Å². The molecule has 8 atom stereocenters. The van der Waals surface area contributed by atoms with Crippen LogP contribution in [0.1, 0.15) is 71.6 Å². The molecule has 4 aliphatic carbocycles. The first-order chi connectivity index (χ1) is 16.7. The molecular formula is C27H40N2O6. The SMILES string of the molecule is COC(=O)[C@@H]1C[C@H](O)CN1C(=O)CON=C1C=C2CC[C@@H]3[C@@H]4CC[C@@H](O)[C@@]4(C)CC[C@@H]3[C@@]2(C)CC1. The second-order valence-corrected chi connectivity index (χ2v) is 12.0. The number of ether oxygens (including phenoxy) is 1. The molecule has 1 heterocycles. The van der Waals surface area contributed by atoms with Gasteiger partial charge < -0.3 is 24.7 Å². The molecule has 3 saturated carbocycles. The van der Waals surface area contributed by atoms with Crippen molar-refractivity contribution in [2.75, 3.05) is 20.3 Å². The highest BCUT2D eigenvalue weighted by Crippen LogP contribution is 2.65. The maximum Gasteiger partial charge on any atom is 0.328 e. The van der Waals surface area contributed by atoms with Crippen molar-refractivity contribution in [2.45, 2.75) is 89.9 Å². The molecule has 194 valence electrons. The van der Waals surface area contributed by atoms with Gasteiger partial charge in [-0.05, 0) is 86.0 Å². The number of likely N-dealkylation sites (tertiary alicyclic amines) is 1. The zero-order valence-electron chi connectivity index (χ0n) is 21.2. The Kier molecular flexibility index (Phi) is 6.49. The average molecular weight is 489 g/mol. The molecule has 1 saturated heterocycles. The van der Waals surface area contributed by atoms with Crippen LogP contribution in [0.2, 0.25) is 0 Å². The van der Waals surface area contributed by atoms with E-state index in [4.69, 9.17) is 9.57 Å². The Hall–Kier alpha value is -1.93. The highest BCUT2D eigenvalue weighted by atomic mass is 16.6. The van der Waals surface area contributed by atoms with E-state index in [-0.39, 0.29) is 42.4 Å². The number of nitrogens with zero attached hydrogens (tertiary/aromatic N) is 2. The predicted molar refractivity (Wildman–Crippen MR) is 129 cm³/mol. The Labute approximate surface area is 207 Å². The molecule has 0 aromatic heterocycles. The van der Waals surface area contributed by atoms with E-state index >= 15 is 0 Å². The van der Waals surface area contributed by atoms with E-state index in [9.17, 15) is 19.8 Å². The standard InChI is InChI=1S/C27H40N2O6/c1-26-10-8-17(28-35-15-24(32)29-14-18(30)13-22(29)25(33)34-3)12-16(26)4-5-19-20-6-7-23(31)27(20,2)11-9-21(19)26/h12,18-23,30-31H,4-11,13-15H2,1-3H3/t18-,19+,20-,21-,22-,23+,26-,27-/m0/s1. The fourth-order valence-corrected chi connectivity index (χ4v) is 8.32. The van der Waals surface area contributed by atoms with Crippen LogP contribution in [0.25, 0.3) is 0 Å². The Morgan fingerprint density at radius 2 is 1.91 bits per heavy atom. The van der Waals surface area contributed by atoms with Crippen LogP contribution >= 0.6 is 0 Å². The number of esters is 1. The lowest BCUT2D eigenvalue weighted by Gasteiger charge is -2.57. The molecule has 0 spiro atoms. The molecule has 2 N–H and O–H groups in total. The largest absolute Gasteiger partial charge is 0.467 e. The van der Waals surface area contributed by atoms with Crippen molar-refractivity contribution in [1.82, 2.24) is 4.90 Å². The highest BCUT2D eigenvalue weighted by molar-refractivity contribution is 5.96. The van der Waals surface area contributed by atoms with Gasteiger partial charge in [0.05, 0.1) is 25.0 Å². The summed E-state index contributed by atoms with van der Waals surface area (Å²) in [5, 5.41) is 24.8. The van der Waals surface area contributed by atoms with Gasteiger partial charge in [0.2, 0.25) is 0 Å².